The summed E-state index contributed by atoms with van der Waals surface area (Å²) in [5.74, 6) is -0.332. The Kier molecular flexibility index (Phi) is 5.40. The molecular weight excluding hydrogens is 314 g/mol. The Morgan fingerprint density at radius 1 is 1.20 bits per heavy atom. The highest BCUT2D eigenvalue weighted by atomic mass is 35.5. The van der Waals surface area contributed by atoms with Gasteiger partial charge in [0.15, 0.2) is 8.24 Å². The molecule has 0 N–H and O–H groups in total. The molecule has 0 aliphatic heterocycles. The van der Waals surface area contributed by atoms with Gasteiger partial charge in [0.2, 0.25) is 5.91 Å². The number of nitrogens with zero attached hydrogens (tertiary/aromatic N) is 1. The average Bonchev–Trinajstić information content (AvgIpc) is 2.27. The van der Waals surface area contributed by atoms with Gasteiger partial charge in [-0.25, -0.2) is 8.42 Å². The smallest absolute Gasteiger partial charge is 0.259 e. The van der Waals surface area contributed by atoms with Crippen LogP contribution in [0.15, 0.2) is 29.2 Å². The first-order valence-electron chi connectivity index (χ1n) is 6.44. The lowest BCUT2D eigenvalue weighted by Gasteiger charge is -2.33. The Morgan fingerprint density at radius 3 is 2.10 bits per heavy atom. The van der Waals surface area contributed by atoms with Crippen LogP contribution in [0.3, 0.4) is 0 Å². The van der Waals surface area contributed by atoms with E-state index in [4.69, 9.17) is 11.6 Å². The maximum atomic E-state index is 12.7. The number of hydrogen-bond donors (Lipinski definition) is 0. The number of amides is 1. The average molecular weight is 334 g/mol. The SMILES string of the molecule is CCCC(=O)N([Si](C)(C)C)S(=O)(=O)c1ccc(Cl)cc1. The fraction of sp³-hybridized carbons (Fsp3) is 0.462. The first-order chi connectivity index (χ1) is 9.10. The lowest BCUT2D eigenvalue weighted by Crippen LogP contribution is -2.52. The van der Waals surface area contributed by atoms with E-state index in [-0.39, 0.29) is 17.2 Å². The van der Waals surface area contributed by atoms with Gasteiger partial charge in [0.25, 0.3) is 10.0 Å². The molecule has 7 heteroatoms. The van der Waals surface area contributed by atoms with Crippen LogP contribution in [0.25, 0.3) is 0 Å². The second-order valence-electron chi connectivity index (χ2n) is 5.54. The van der Waals surface area contributed by atoms with Crippen LogP contribution in [-0.2, 0) is 14.8 Å². The third kappa shape index (κ3) is 3.83. The molecule has 1 aromatic rings. The second kappa shape index (κ2) is 6.28. The molecule has 0 atom stereocenters. The lowest BCUT2D eigenvalue weighted by atomic mass is 10.3. The van der Waals surface area contributed by atoms with Crippen molar-refractivity contribution in [1.29, 1.82) is 0 Å². The van der Waals surface area contributed by atoms with Gasteiger partial charge in [0.1, 0.15) is 0 Å². The number of benzene rings is 1. The van der Waals surface area contributed by atoms with Crippen LogP contribution in [0, 0.1) is 0 Å². The van der Waals surface area contributed by atoms with Crippen molar-refractivity contribution in [3.05, 3.63) is 29.3 Å². The van der Waals surface area contributed by atoms with Crippen molar-refractivity contribution in [1.82, 2.24) is 3.97 Å². The molecule has 0 radical (unpaired) electrons. The van der Waals surface area contributed by atoms with E-state index in [0.717, 1.165) is 3.97 Å². The molecule has 1 amide bonds. The number of carbonyl (C=O) groups excluding carboxylic acids is 1. The largest absolute Gasteiger partial charge is 0.275 e. The fourth-order valence-electron chi connectivity index (χ4n) is 1.90. The topological polar surface area (TPSA) is 54.5 Å². The zero-order chi connectivity index (χ0) is 15.6. The lowest BCUT2D eigenvalue weighted by molar-refractivity contribution is -0.123. The quantitative estimate of drug-likeness (QED) is 0.775. The molecule has 0 aromatic heterocycles. The standard InChI is InChI=1S/C13H20ClNO3SSi/c1-5-6-13(16)15(20(2,3)4)19(17,18)12-9-7-11(14)8-10-12/h7-10H,5-6H2,1-4H3. The van der Waals surface area contributed by atoms with Crippen molar-refractivity contribution in [2.75, 3.05) is 0 Å². The molecule has 0 saturated carbocycles. The van der Waals surface area contributed by atoms with E-state index in [1.54, 1.807) is 0 Å². The van der Waals surface area contributed by atoms with E-state index in [0.29, 0.717) is 11.4 Å². The molecule has 0 aliphatic rings. The summed E-state index contributed by atoms with van der Waals surface area (Å²) in [6.45, 7) is 7.38. The van der Waals surface area contributed by atoms with Gasteiger partial charge in [-0.15, -0.1) is 0 Å². The van der Waals surface area contributed by atoms with Crippen molar-refractivity contribution in [2.24, 2.45) is 0 Å². The van der Waals surface area contributed by atoms with Crippen LogP contribution in [0.4, 0.5) is 0 Å². The maximum Gasteiger partial charge on any atom is 0.259 e. The minimum Gasteiger partial charge on any atom is -0.275 e. The highest BCUT2D eigenvalue weighted by Gasteiger charge is 2.38. The predicted octanol–water partition coefficient (Wildman–Crippen LogP) is 3.49. The summed E-state index contributed by atoms with van der Waals surface area (Å²) in [6, 6.07) is 5.90. The van der Waals surface area contributed by atoms with Crippen LogP contribution in [0.1, 0.15) is 19.8 Å². The zero-order valence-corrected chi connectivity index (χ0v) is 14.8. The van der Waals surface area contributed by atoms with Gasteiger partial charge in [-0.2, -0.15) is 0 Å². The van der Waals surface area contributed by atoms with Crippen molar-refractivity contribution < 1.29 is 13.2 Å². The molecule has 0 spiro atoms. The van der Waals surface area contributed by atoms with Gasteiger partial charge in [-0.3, -0.25) is 8.77 Å². The first-order valence-corrected chi connectivity index (χ1v) is 11.7. The Hall–Kier alpha value is -0.853. The van der Waals surface area contributed by atoms with E-state index in [9.17, 15) is 13.2 Å². The van der Waals surface area contributed by atoms with Crippen LogP contribution < -0.4 is 0 Å². The number of sulfonamides is 1. The second-order valence-corrected chi connectivity index (χ2v) is 12.9. The Balaban J connectivity index is 3.32. The molecule has 0 fully saturated rings. The van der Waals surface area contributed by atoms with Gasteiger partial charge in [0, 0.05) is 11.4 Å². The van der Waals surface area contributed by atoms with Crippen LogP contribution in [-0.4, -0.2) is 26.5 Å². The van der Waals surface area contributed by atoms with Gasteiger partial charge >= 0.3 is 0 Å². The molecule has 20 heavy (non-hydrogen) atoms. The predicted molar refractivity (Wildman–Crippen MR) is 83.7 cm³/mol. The molecule has 0 aliphatic carbocycles. The summed E-state index contributed by atoms with van der Waals surface area (Å²) in [5.41, 5.74) is 0. The summed E-state index contributed by atoms with van der Waals surface area (Å²) < 4.78 is 26.5. The highest BCUT2D eigenvalue weighted by molar-refractivity contribution is 7.91. The molecule has 0 heterocycles. The van der Waals surface area contributed by atoms with Gasteiger partial charge < -0.3 is 0 Å². The van der Waals surface area contributed by atoms with Crippen molar-refractivity contribution in [3.8, 4) is 0 Å². The van der Waals surface area contributed by atoms with E-state index >= 15 is 0 Å². The van der Waals surface area contributed by atoms with Crippen molar-refractivity contribution in [2.45, 2.75) is 44.3 Å². The summed E-state index contributed by atoms with van der Waals surface area (Å²) in [5, 5.41) is 0.461. The monoisotopic (exact) mass is 333 g/mol. The molecule has 0 saturated heterocycles. The molecule has 0 unspecified atom stereocenters. The maximum absolute atomic E-state index is 12.7. The van der Waals surface area contributed by atoms with Gasteiger partial charge in [-0.05, 0) is 30.7 Å². The number of hydrogen-bond acceptors (Lipinski definition) is 3. The first kappa shape index (κ1) is 17.2. The normalized spacial score (nSPS) is 12.2. The minimum atomic E-state index is -3.81. The fourth-order valence-corrected chi connectivity index (χ4v) is 7.13. The van der Waals surface area contributed by atoms with E-state index < -0.39 is 18.3 Å². The number of carbonyl (C=O) groups is 1. The Bertz CT molecular complexity index is 579. The Labute approximate surface area is 126 Å². The molecular formula is C13H20ClNO3SSi. The Morgan fingerprint density at radius 2 is 1.70 bits per heavy atom. The van der Waals surface area contributed by atoms with Crippen LogP contribution in [0.5, 0.6) is 0 Å². The van der Waals surface area contributed by atoms with E-state index in [1.165, 1.54) is 24.3 Å². The molecule has 112 valence electrons. The molecule has 1 aromatic carbocycles. The van der Waals surface area contributed by atoms with Gasteiger partial charge in [-0.1, -0.05) is 38.2 Å². The molecule has 1 rings (SSSR count). The van der Waals surface area contributed by atoms with Crippen LogP contribution >= 0.6 is 11.6 Å². The summed E-state index contributed by atoms with van der Waals surface area (Å²) >= 11 is 5.78. The molecule has 0 bridgehead atoms. The van der Waals surface area contributed by atoms with Gasteiger partial charge in [0.05, 0.1) is 4.90 Å². The molecule has 4 nitrogen and oxygen atoms in total. The third-order valence-electron chi connectivity index (χ3n) is 2.65. The van der Waals surface area contributed by atoms with Crippen molar-refractivity contribution >= 4 is 35.8 Å². The zero-order valence-electron chi connectivity index (χ0n) is 12.2. The summed E-state index contributed by atoms with van der Waals surface area (Å²) in [6.07, 6.45) is 0.854. The van der Waals surface area contributed by atoms with Crippen LogP contribution in [0.2, 0.25) is 24.7 Å². The highest BCUT2D eigenvalue weighted by Crippen LogP contribution is 2.24. The van der Waals surface area contributed by atoms with E-state index in [1.807, 2.05) is 26.6 Å². The third-order valence-corrected chi connectivity index (χ3v) is 8.29. The number of halogens is 1. The number of rotatable bonds is 5. The minimum absolute atomic E-state index is 0.105. The van der Waals surface area contributed by atoms with Crippen molar-refractivity contribution in [3.63, 3.8) is 0 Å². The summed E-state index contributed by atoms with van der Waals surface area (Å²) in [7, 11) is -6.17. The summed E-state index contributed by atoms with van der Waals surface area (Å²) in [4.78, 5) is 12.3. The van der Waals surface area contributed by atoms with E-state index in [2.05, 4.69) is 0 Å².